The summed E-state index contributed by atoms with van der Waals surface area (Å²) in [5.74, 6) is 0.139. The van der Waals surface area contributed by atoms with Gasteiger partial charge in [-0.25, -0.2) is 9.78 Å². The van der Waals surface area contributed by atoms with Gasteiger partial charge in [-0.05, 0) is 41.5 Å². The van der Waals surface area contributed by atoms with E-state index >= 15 is 0 Å². The van der Waals surface area contributed by atoms with Crippen molar-refractivity contribution in [2.24, 2.45) is 0 Å². The molecule has 0 radical (unpaired) electrons. The Labute approximate surface area is 156 Å². The summed E-state index contributed by atoms with van der Waals surface area (Å²) in [7, 11) is 0. The number of rotatable bonds is 0. The van der Waals surface area contributed by atoms with Crippen LogP contribution < -0.4 is 11.2 Å². The summed E-state index contributed by atoms with van der Waals surface area (Å²) >= 11 is 0. The molecule has 0 amide bonds. The summed E-state index contributed by atoms with van der Waals surface area (Å²) in [5.41, 5.74) is 2.20. The number of benzene rings is 2. The van der Waals surface area contributed by atoms with Gasteiger partial charge in [-0.2, -0.15) is 0 Å². The molecule has 0 fully saturated rings. The highest BCUT2D eigenvalue weighted by Gasteiger charge is 2.18. The molecule has 6 rings (SSSR count). The van der Waals surface area contributed by atoms with Gasteiger partial charge < -0.3 is 9.52 Å². The van der Waals surface area contributed by atoms with E-state index in [2.05, 4.69) is 0 Å². The summed E-state index contributed by atoms with van der Waals surface area (Å²) in [5, 5.41) is 14.7. The first kappa shape index (κ1) is 15.2. The third kappa shape index (κ3) is 1.74. The van der Waals surface area contributed by atoms with Crippen LogP contribution in [0.25, 0.3) is 48.9 Å². The zero-order valence-corrected chi connectivity index (χ0v) is 14.7. The highest BCUT2D eigenvalue weighted by Crippen LogP contribution is 2.39. The summed E-state index contributed by atoms with van der Waals surface area (Å²) < 4.78 is 6.36. The van der Waals surface area contributed by atoms with E-state index in [1.165, 1.54) is 16.7 Å². The second-order valence-corrected chi connectivity index (χ2v) is 7.06. The van der Waals surface area contributed by atoms with E-state index in [0.29, 0.717) is 32.6 Å². The van der Waals surface area contributed by atoms with E-state index in [1.807, 2.05) is 25.1 Å². The van der Waals surface area contributed by atoms with Crippen molar-refractivity contribution >= 4 is 48.9 Å². The Morgan fingerprint density at radius 2 is 1.86 bits per heavy atom. The molecular formula is C22H12N2O4. The molecule has 1 N–H and O–H groups in total. The first-order chi connectivity index (χ1) is 13.5. The minimum Gasteiger partial charge on any atom is -0.507 e. The van der Waals surface area contributed by atoms with E-state index in [0.717, 1.165) is 21.9 Å². The van der Waals surface area contributed by atoms with Crippen molar-refractivity contribution in [1.82, 2.24) is 9.38 Å². The number of pyridine rings is 2. The monoisotopic (exact) mass is 368 g/mol. The van der Waals surface area contributed by atoms with Crippen LogP contribution in [0.1, 0.15) is 5.56 Å². The number of fused-ring (bicyclic) bond motifs is 5. The highest BCUT2D eigenvalue weighted by atomic mass is 16.4. The van der Waals surface area contributed by atoms with Crippen LogP contribution in [0.15, 0.2) is 62.9 Å². The number of hydrogen-bond donors (Lipinski definition) is 1. The first-order valence-electron chi connectivity index (χ1n) is 8.78. The topological polar surface area (TPSA) is 84.8 Å². The molecule has 6 aromatic rings. The molecule has 0 aliphatic heterocycles. The quantitative estimate of drug-likeness (QED) is 0.442. The second-order valence-electron chi connectivity index (χ2n) is 7.06. The van der Waals surface area contributed by atoms with Crippen LogP contribution in [-0.2, 0) is 0 Å². The maximum atomic E-state index is 13.0. The van der Waals surface area contributed by atoms with Gasteiger partial charge in [-0.3, -0.25) is 9.20 Å². The van der Waals surface area contributed by atoms with Gasteiger partial charge in [-0.1, -0.05) is 12.1 Å². The Bertz CT molecular complexity index is 1730. The third-order valence-corrected chi connectivity index (χ3v) is 5.49. The first-order valence-corrected chi connectivity index (χ1v) is 8.78. The fourth-order valence-electron chi connectivity index (χ4n) is 4.16. The average Bonchev–Trinajstić information content (AvgIpc) is 3.04. The van der Waals surface area contributed by atoms with Gasteiger partial charge in [0.2, 0.25) is 0 Å². The number of hydrogen-bond acceptors (Lipinski definition) is 5. The number of phenolic OH excluding ortho intramolecular Hbond substituents is 1. The summed E-state index contributed by atoms with van der Waals surface area (Å²) in [6.45, 7) is 2.01. The van der Waals surface area contributed by atoms with Crippen LogP contribution >= 0.6 is 0 Å². The molecule has 0 aliphatic carbocycles. The zero-order valence-electron chi connectivity index (χ0n) is 14.7. The minimum absolute atomic E-state index is 0.139. The fourth-order valence-corrected chi connectivity index (χ4v) is 4.16. The Hall–Kier alpha value is -3.93. The number of aromatic nitrogens is 2. The number of phenols is 1. The Balaban J connectivity index is 1.96. The van der Waals surface area contributed by atoms with Crippen molar-refractivity contribution < 1.29 is 9.52 Å². The maximum absolute atomic E-state index is 13.0. The van der Waals surface area contributed by atoms with Crippen molar-refractivity contribution in [3.05, 3.63) is 75.2 Å². The van der Waals surface area contributed by atoms with Gasteiger partial charge in [-0.15, -0.1) is 0 Å². The van der Waals surface area contributed by atoms with Crippen molar-refractivity contribution in [3.8, 4) is 5.75 Å². The molecule has 0 saturated heterocycles. The summed E-state index contributed by atoms with van der Waals surface area (Å²) in [6, 6.07) is 10.5. The second kappa shape index (κ2) is 4.86. The number of aryl methyl sites for hydroxylation is 1. The van der Waals surface area contributed by atoms with Crippen molar-refractivity contribution in [3.63, 3.8) is 0 Å². The fraction of sp³-hybridized carbons (Fsp3) is 0.0455. The van der Waals surface area contributed by atoms with Gasteiger partial charge in [0.1, 0.15) is 12.0 Å². The molecule has 28 heavy (non-hydrogen) atoms. The van der Waals surface area contributed by atoms with Crippen molar-refractivity contribution in [2.75, 3.05) is 0 Å². The lowest BCUT2D eigenvalue weighted by atomic mass is 9.98. The lowest BCUT2D eigenvalue weighted by Crippen LogP contribution is -2.12. The molecule has 0 bridgehead atoms. The van der Waals surface area contributed by atoms with E-state index in [1.54, 1.807) is 18.3 Å². The molecule has 134 valence electrons. The predicted octanol–water partition coefficient (Wildman–Crippen LogP) is 3.71. The van der Waals surface area contributed by atoms with E-state index in [4.69, 9.17) is 9.40 Å². The Morgan fingerprint density at radius 1 is 1.00 bits per heavy atom. The smallest absolute Gasteiger partial charge is 0.336 e. The van der Waals surface area contributed by atoms with E-state index < -0.39 is 5.63 Å². The highest BCUT2D eigenvalue weighted by molar-refractivity contribution is 6.24. The molecule has 0 saturated carbocycles. The SMILES string of the molecule is Cc1ccc2nc3c(cn4c(=O)c5coc(=O)cc5cc34)c3c(O)ccc1c23. The third-order valence-electron chi connectivity index (χ3n) is 5.49. The van der Waals surface area contributed by atoms with Gasteiger partial charge in [0, 0.05) is 28.4 Å². The normalized spacial score (nSPS) is 12.2. The molecule has 6 heteroatoms. The molecule has 0 spiro atoms. The van der Waals surface area contributed by atoms with E-state index in [-0.39, 0.29) is 11.3 Å². The molecule has 0 atom stereocenters. The molecule has 6 nitrogen and oxygen atoms in total. The molecule has 0 aliphatic rings. The van der Waals surface area contributed by atoms with Crippen LogP contribution in [-0.4, -0.2) is 14.5 Å². The number of aromatic hydroxyl groups is 1. The van der Waals surface area contributed by atoms with Crippen LogP contribution in [0.2, 0.25) is 0 Å². The van der Waals surface area contributed by atoms with Gasteiger partial charge >= 0.3 is 5.63 Å². The minimum atomic E-state index is -0.517. The van der Waals surface area contributed by atoms with E-state index in [9.17, 15) is 14.7 Å². The predicted molar refractivity (Wildman–Crippen MR) is 108 cm³/mol. The molecular weight excluding hydrogens is 356 g/mol. The zero-order chi connectivity index (χ0) is 19.2. The molecule has 0 unspecified atom stereocenters. The average molecular weight is 368 g/mol. The largest absolute Gasteiger partial charge is 0.507 e. The Morgan fingerprint density at radius 3 is 2.71 bits per heavy atom. The lowest BCUT2D eigenvalue weighted by Gasteiger charge is -2.10. The van der Waals surface area contributed by atoms with Crippen LogP contribution in [0.5, 0.6) is 5.75 Å². The van der Waals surface area contributed by atoms with Crippen LogP contribution in [0.3, 0.4) is 0 Å². The summed E-state index contributed by atoms with van der Waals surface area (Å²) in [4.78, 5) is 29.4. The summed E-state index contributed by atoms with van der Waals surface area (Å²) in [6.07, 6.45) is 2.88. The van der Waals surface area contributed by atoms with Crippen LogP contribution in [0.4, 0.5) is 0 Å². The standard InChI is InChI=1S/C22H12N2O4/c1-10-2-4-15-19-12(10)3-5-17(25)20(19)13-8-24-16(21(13)23-15)6-11-7-18(26)28-9-14(11)22(24)27/h2-9,25H,1H3. The van der Waals surface area contributed by atoms with Gasteiger partial charge in [0.25, 0.3) is 5.56 Å². The number of nitrogens with zero attached hydrogens (tertiary/aromatic N) is 2. The lowest BCUT2D eigenvalue weighted by molar-refractivity contribution is 0.482. The van der Waals surface area contributed by atoms with Crippen molar-refractivity contribution in [1.29, 1.82) is 0 Å². The molecule has 4 aromatic heterocycles. The Kier molecular flexibility index (Phi) is 2.63. The van der Waals surface area contributed by atoms with Crippen LogP contribution in [0, 0.1) is 6.92 Å². The molecule has 2 aromatic carbocycles. The van der Waals surface area contributed by atoms with Gasteiger partial charge in [0.05, 0.1) is 21.9 Å². The van der Waals surface area contributed by atoms with Gasteiger partial charge in [0.15, 0.2) is 0 Å². The maximum Gasteiger partial charge on any atom is 0.336 e. The molecule has 4 heterocycles. The van der Waals surface area contributed by atoms with Crippen molar-refractivity contribution in [2.45, 2.75) is 6.92 Å².